The van der Waals surface area contributed by atoms with Crippen LogP contribution >= 0.6 is 40.4 Å². The van der Waals surface area contributed by atoms with E-state index in [0.29, 0.717) is 13.1 Å². The van der Waals surface area contributed by atoms with Gasteiger partial charge < -0.3 is 9.80 Å². The van der Waals surface area contributed by atoms with Crippen molar-refractivity contribution in [1.82, 2.24) is 9.80 Å². The Labute approximate surface area is 126 Å². The van der Waals surface area contributed by atoms with Gasteiger partial charge in [0.05, 0.1) is 6.67 Å². The van der Waals surface area contributed by atoms with Crippen molar-refractivity contribution < 1.29 is 22.2 Å². The van der Waals surface area contributed by atoms with Gasteiger partial charge in [0.1, 0.15) is 0 Å². The second-order valence-electron chi connectivity index (χ2n) is 3.39. The molecular formula is C7H14Cl4FeN2O3S. The predicted octanol–water partition coefficient (Wildman–Crippen LogP) is 3.04. The molecule has 5 nitrogen and oxygen atoms in total. The van der Waals surface area contributed by atoms with Crippen molar-refractivity contribution in [2.24, 2.45) is 0 Å². The van der Waals surface area contributed by atoms with Crippen LogP contribution in [0.4, 0.5) is 0 Å². The summed E-state index contributed by atoms with van der Waals surface area (Å²) in [6.45, 7) is 2.23. The minimum atomic E-state index is -3.97. The van der Waals surface area contributed by atoms with Gasteiger partial charge in [-0.15, -0.1) is 0 Å². The standard InChI is InChI=1S/C7H14N2O3S.4ClH.Fe/c1-3-7(13(10,11)12)9-5-4-8(2)6-9;;;;;/h4-5,7H,3,6H2,1-2H3,(H,10,11,12);4*1H;/q;;;;;+4/p-4. The number of halogens is 4. The van der Waals surface area contributed by atoms with Crippen molar-refractivity contribution in [2.75, 3.05) is 13.7 Å². The number of nitrogens with zero attached hydrogens (tertiary/aromatic N) is 2. The summed E-state index contributed by atoms with van der Waals surface area (Å²) in [6.07, 6.45) is 3.81. The summed E-state index contributed by atoms with van der Waals surface area (Å²) in [5.41, 5.74) is 0. The first kappa shape index (κ1) is 18.9. The maximum absolute atomic E-state index is 10.9. The van der Waals surface area contributed by atoms with Crippen LogP contribution in [-0.2, 0) is 19.3 Å². The first-order chi connectivity index (χ1) is 7.95. The molecule has 0 aromatic heterocycles. The van der Waals surface area contributed by atoms with Gasteiger partial charge in [0.25, 0.3) is 10.1 Å². The molecule has 0 aromatic rings. The third-order valence-electron chi connectivity index (χ3n) is 1.96. The van der Waals surface area contributed by atoms with Gasteiger partial charge in [0.15, 0.2) is 5.37 Å². The van der Waals surface area contributed by atoms with Crippen molar-refractivity contribution >= 4 is 50.5 Å². The van der Waals surface area contributed by atoms with Gasteiger partial charge >= 0.3 is 49.6 Å². The van der Waals surface area contributed by atoms with E-state index in [1.807, 2.05) is 11.9 Å². The molecule has 0 aromatic carbocycles. The van der Waals surface area contributed by atoms with E-state index in [4.69, 9.17) is 44.9 Å². The van der Waals surface area contributed by atoms with E-state index >= 15 is 0 Å². The van der Waals surface area contributed by atoms with Crippen molar-refractivity contribution in [3.05, 3.63) is 12.4 Å². The average Bonchev–Trinajstić information content (AvgIpc) is 2.47. The Morgan fingerprint density at radius 1 is 1.33 bits per heavy atom. The normalized spacial score (nSPS) is 18.4. The van der Waals surface area contributed by atoms with Gasteiger partial charge in [-0.1, -0.05) is 6.92 Å². The third-order valence-corrected chi connectivity index (χ3v) is 3.25. The Bertz CT molecular complexity index is 381. The molecular weight excluding hydrogens is 390 g/mol. The fraction of sp³-hybridized carbons (Fsp3) is 0.714. The van der Waals surface area contributed by atoms with Crippen molar-refractivity contribution in [3.8, 4) is 0 Å². The zero-order valence-electron chi connectivity index (χ0n) is 9.58. The van der Waals surface area contributed by atoms with Gasteiger partial charge in [0.2, 0.25) is 0 Å². The van der Waals surface area contributed by atoms with E-state index in [9.17, 15) is 8.42 Å². The van der Waals surface area contributed by atoms with Crippen LogP contribution in [0, 0.1) is 0 Å². The Morgan fingerprint density at radius 2 is 1.78 bits per heavy atom. The van der Waals surface area contributed by atoms with Crippen LogP contribution < -0.4 is 0 Å². The van der Waals surface area contributed by atoms with E-state index in [1.54, 1.807) is 24.2 Å². The Hall–Kier alpha value is 0.929. The topological polar surface area (TPSA) is 60.9 Å². The van der Waals surface area contributed by atoms with Crippen LogP contribution in [0.5, 0.6) is 0 Å². The van der Waals surface area contributed by atoms with Gasteiger partial charge in [-0.25, -0.2) is 0 Å². The molecule has 0 amide bonds. The summed E-state index contributed by atoms with van der Waals surface area (Å²) in [5, 5.41) is -0.825. The molecule has 0 bridgehead atoms. The number of hydrogen-bond donors (Lipinski definition) is 1. The molecule has 0 fully saturated rings. The zero-order valence-corrected chi connectivity index (χ0v) is 14.5. The molecule has 1 N–H and O–H groups in total. The first-order valence-corrected chi connectivity index (χ1v) is 12.2. The minimum absolute atomic E-state index is 0.372. The van der Waals surface area contributed by atoms with E-state index in [-0.39, 0.29) is 0 Å². The SMILES string of the molecule is CCC(N1C=CN(C)C1)S(=O)(=O)O.[Cl][Fe]([Cl])([Cl])[Cl]. The van der Waals surface area contributed by atoms with Crippen LogP contribution in [0.2, 0.25) is 0 Å². The molecule has 0 aliphatic carbocycles. The van der Waals surface area contributed by atoms with Crippen molar-refractivity contribution in [2.45, 2.75) is 18.7 Å². The zero-order chi connectivity index (χ0) is 14.6. The number of rotatable bonds is 3. The van der Waals surface area contributed by atoms with Crippen LogP contribution in [0.3, 0.4) is 0 Å². The van der Waals surface area contributed by atoms with Crippen molar-refractivity contribution in [3.63, 3.8) is 0 Å². The van der Waals surface area contributed by atoms with Gasteiger partial charge in [-0.2, -0.15) is 8.42 Å². The van der Waals surface area contributed by atoms with Crippen LogP contribution in [0.25, 0.3) is 0 Å². The van der Waals surface area contributed by atoms with E-state index in [1.165, 1.54) is 0 Å². The van der Waals surface area contributed by atoms with Gasteiger partial charge in [-0.05, 0) is 6.42 Å². The monoisotopic (exact) mass is 402 g/mol. The Balaban J connectivity index is 0.000000494. The summed E-state index contributed by atoms with van der Waals surface area (Å²) in [4.78, 5) is 3.43. The second-order valence-corrected chi connectivity index (χ2v) is 15.9. The Kier molecular flexibility index (Phi) is 8.04. The molecule has 18 heavy (non-hydrogen) atoms. The first-order valence-electron chi connectivity index (χ1n) is 4.59. The third kappa shape index (κ3) is 8.93. The molecule has 1 aliphatic heterocycles. The predicted molar refractivity (Wildman–Crippen MR) is 72.6 cm³/mol. The molecule has 1 heterocycles. The summed E-state index contributed by atoms with van der Waals surface area (Å²) in [6, 6.07) is 0. The summed E-state index contributed by atoms with van der Waals surface area (Å²) in [7, 11) is 15.1. The summed E-state index contributed by atoms with van der Waals surface area (Å²) >= 11 is 0. The summed E-state index contributed by atoms with van der Waals surface area (Å²) in [5.74, 6) is 0. The maximum atomic E-state index is 10.9. The van der Waals surface area contributed by atoms with E-state index in [0.717, 1.165) is 0 Å². The summed E-state index contributed by atoms with van der Waals surface area (Å²) < 4.78 is 30.7. The fourth-order valence-electron chi connectivity index (χ4n) is 1.35. The van der Waals surface area contributed by atoms with Gasteiger partial charge in [0, 0.05) is 19.4 Å². The molecule has 0 spiro atoms. The molecule has 1 atom stereocenters. The molecule has 1 unspecified atom stereocenters. The van der Waals surface area contributed by atoms with E-state index < -0.39 is 24.7 Å². The second kappa shape index (κ2) is 7.64. The van der Waals surface area contributed by atoms with Gasteiger partial charge in [-0.3, -0.25) is 4.55 Å². The van der Waals surface area contributed by atoms with Crippen LogP contribution in [-0.4, -0.2) is 41.9 Å². The molecule has 0 saturated carbocycles. The Morgan fingerprint density at radius 3 is 2.00 bits per heavy atom. The quantitative estimate of drug-likeness (QED) is 0.579. The molecule has 11 heteroatoms. The number of hydrogen-bond acceptors (Lipinski definition) is 4. The molecule has 112 valence electrons. The molecule has 1 rings (SSSR count). The molecule has 0 saturated heterocycles. The fourth-order valence-corrected chi connectivity index (χ4v) is 2.25. The molecule has 1 aliphatic rings. The average molecular weight is 404 g/mol. The molecule has 0 radical (unpaired) electrons. The van der Waals surface area contributed by atoms with Crippen LogP contribution in [0.1, 0.15) is 13.3 Å². The van der Waals surface area contributed by atoms with Crippen LogP contribution in [0.15, 0.2) is 12.4 Å². The van der Waals surface area contributed by atoms with Crippen molar-refractivity contribution in [1.29, 1.82) is 0 Å². The van der Waals surface area contributed by atoms with E-state index in [2.05, 4.69) is 0 Å².